The van der Waals surface area contributed by atoms with Crippen LogP contribution in [0, 0.1) is 0 Å². The van der Waals surface area contributed by atoms with E-state index in [1.165, 1.54) is 0 Å². The Morgan fingerprint density at radius 2 is 1.21 bits per heavy atom. The highest BCUT2D eigenvalue weighted by molar-refractivity contribution is 5.78. The van der Waals surface area contributed by atoms with E-state index in [0.717, 1.165) is 25.7 Å². The lowest BCUT2D eigenvalue weighted by atomic mass is 10.1. The number of carboxylic acids is 1. The smallest absolute Gasteiger partial charge is 0.303 e. The summed E-state index contributed by atoms with van der Waals surface area (Å²) in [4.78, 5) is 43.2. The SMILES string of the molecule is O=[C]CCC(=O)NCCCOCCOCCCNC(=O)CCCCCCC(=O)O. The molecule has 9 nitrogen and oxygen atoms in total. The number of ether oxygens (including phenoxy) is 2. The maximum Gasteiger partial charge on any atom is 0.303 e. The van der Waals surface area contributed by atoms with Crippen LogP contribution in [0.15, 0.2) is 0 Å². The molecule has 0 saturated heterocycles. The second-order valence-electron chi connectivity index (χ2n) is 6.58. The monoisotopic (exact) mass is 415 g/mol. The Hall–Kier alpha value is -2.00. The van der Waals surface area contributed by atoms with Crippen molar-refractivity contribution in [2.45, 2.75) is 64.2 Å². The van der Waals surface area contributed by atoms with Gasteiger partial charge in [-0.25, -0.2) is 0 Å². The van der Waals surface area contributed by atoms with Gasteiger partial charge in [0.15, 0.2) is 6.29 Å². The largest absolute Gasteiger partial charge is 0.481 e. The zero-order valence-corrected chi connectivity index (χ0v) is 17.2. The van der Waals surface area contributed by atoms with Crippen LogP contribution in [0.5, 0.6) is 0 Å². The molecule has 167 valence electrons. The van der Waals surface area contributed by atoms with Crippen LogP contribution >= 0.6 is 0 Å². The molecule has 1 radical (unpaired) electrons. The van der Waals surface area contributed by atoms with Gasteiger partial charge in [-0.05, 0) is 25.7 Å². The molecule has 0 fully saturated rings. The number of carbonyl (C=O) groups is 3. The van der Waals surface area contributed by atoms with Crippen molar-refractivity contribution in [2.75, 3.05) is 39.5 Å². The van der Waals surface area contributed by atoms with Crippen molar-refractivity contribution in [1.29, 1.82) is 0 Å². The molecule has 0 unspecified atom stereocenters. The first-order valence-electron chi connectivity index (χ1n) is 10.3. The Kier molecular flexibility index (Phi) is 19.3. The van der Waals surface area contributed by atoms with E-state index in [1.54, 1.807) is 6.29 Å². The maximum atomic E-state index is 11.6. The molecule has 0 aromatic rings. The van der Waals surface area contributed by atoms with Crippen molar-refractivity contribution in [3.05, 3.63) is 0 Å². The summed E-state index contributed by atoms with van der Waals surface area (Å²) in [5.41, 5.74) is 0. The van der Waals surface area contributed by atoms with Gasteiger partial charge in [-0.3, -0.25) is 19.2 Å². The average Bonchev–Trinajstić information content (AvgIpc) is 2.69. The Bertz CT molecular complexity index is 458. The second-order valence-corrected chi connectivity index (χ2v) is 6.58. The first-order valence-corrected chi connectivity index (χ1v) is 10.3. The van der Waals surface area contributed by atoms with Crippen LogP contribution in [0.1, 0.15) is 64.2 Å². The van der Waals surface area contributed by atoms with E-state index in [2.05, 4.69) is 10.6 Å². The number of carboxylic acid groups (broad SMARTS) is 1. The lowest BCUT2D eigenvalue weighted by Gasteiger charge is -2.08. The lowest BCUT2D eigenvalue weighted by molar-refractivity contribution is -0.137. The molecule has 0 rings (SSSR count). The van der Waals surface area contributed by atoms with Crippen LogP contribution in [-0.2, 0) is 28.7 Å². The standard InChI is InChI=1S/C20H35N2O7/c23-13-5-9-19(25)22-12-7-15-29-17-16-28-14-6-11-21-18(24)8-3-1-2-4-10-20(26)27/h1-12,14-17H2,(H,21,24)(H,22,25)(H,26,27). The highest BCUT2D eigenvalue weighted by Crippen LogP contribution is 2.05. The molecule has 29 heavy (non-hydrogen) atoms. The molecule has 0 atom stereocenters. The van der Waals surface area contributed by atoms with Gasteiger partial charge in [-0.2, -0.15) is 0 Å². The third-order valence-electron chi connectivity index (χ3n) is 3.95. The van der Waals surface area contributed by atoms with Crippen molar-refractivity contribution in [2.24, 2.45) is 0 Å². The number of nitrogens with one attached hydrogen (secondary N) is 2. The second kappa shape index (κ2) is 20.7. The summed E-state index contributed by atoms with van der Waals surface area (Å²) in [7, 11) is 0. The Morgan fingerprint density at radius 3 is 1.72 bits per heavy atom. The Labute approximate surface area is 172 Å². The summed E-state index contributed by atoms with van der Waals surface area (Å²) in [6.45, 7) is 3.10. The number of unbranched alkanes of at least 4 members (excludes halogenated alkanes) is 3. The number of amides is 2. The molecule has 0 saturated carbocycles. The summed E-state index contributed by atoms with van der Waals surface area (Å²) < 4.78 is 10.8. The van der Waals surface area contributed by atoms with Crippen LogP contribution in [0.25, 0.3) is 0 Å². The van der Waals surface area contributed by atoms with Crippen molar-refractivity contribution in [3.63, 3.8) is 0 Å². The predicted molar refractivity (Wildman–Crippen MR) is 107 cm³/mol. The quantitative estimate of drug-likeness (QED) is 0.241. The van der Waals surface area contributed by atoms with Crippen LogP contribution < -0.4 is 10.6 Å². The fraction of sp³-hybridized carbons (Fsp3) is 0.800. The number of hydrogen-bond acceptors (Lipinski definition) is 6. The van der Waals surface area contributed by atoms with Crippen LogP contribution in [0.4, 0.5) is 0 Å². The van der Waals surface area contributed by atoms with Gasteiger partial charge in [0.1, 0.15) is 0 Å². The molecule has 0 aliphatic heterocycles. The van der Waals surface area contributed by atoms with Crippen molar-refractivity contribution < 1.29 is 33.8 Å². The van der Waals surface area contributed by atoms with Gasteiger partial charge < -0.3 is 25.2 Å². The van der Waals surface area contributed by atoms with Gasteiger partial charge in [0, 0.05) is 52.0 Å². The molecule has 3 N–H and O–H groups in total. The first-order chi connectivity index (χ1) is 14.1. The third kappa shape index (κ3) is 22.2. The zero-order chi connectivity index (χ0) is 21.6. The summed E-state index contributed by atoms with van der Waals surface area (Å²) in [5, 5.41) is 14.1. The molecule has 0 aromatic heterocycles. The molecule has 0 aromatic carbocycles. The van der Waals surface area contributed by atoms with Crippen LogP contribution in [0.2, 0.25) is 0 Å². The first kappa shape index (κ1) is 27.0. The Morgan fingerprint density at radius 1 is 0.690 bits per heavy atom. The number of hydrogen-bond donors (Lipinski definition) is 3. The average molecular weight is 416 g/mol. The fourth-order valence-corrected chi connectivity index (χ4v) is 2.38. The highest BCUT2D eigenvalue weighted by Gasteiger charge is 2.02. The van der Waals surface area contributed by atoms with Gasteiger partial charge in [0.2, 0.25) is 11.8 Å². The molecular weight excluding hydrogens is 380 g/mol. The lowest BCUT2D eigenvalue weighted by Crippen LogP contribution is -2.25. The summed E-state index contributed by atoms with van der Waals surface area (Å²) in [6, 6.07) is 0. The minimum atomic E-state index is -0.774. The van der Waals surface area contributed by atoms with E-state index in [4.69, 9.17) is 14.6 Å². The van der Waals surface area contributed by atoms with Gasteiger partial charge in [0.05, 0.1) is 13.2 Å². The van der Waals surface area contributed by atoms with E-state index in [1.807, 2.05) is 0 Å². The predicted octanol–water partition coefficient (Wildman–Crippen LogP) is 1.35. The van der Waals surface area contributed by atoms with Crippen LogP contribution in [-0.4, -0.2) is 68.7 Å². The molecule has 0 aliphatic rings. The normalized spacial score (nSPS) is 10.5. The summed E-state index contributed by atoms with van der Waals surface area (Å²) in [5.74, 6) is -0.911. The summed E-state index contributed by atoms with van der Waals surface area (Å²) >= 11 is 0. The van der Waals surface area contributed by atoms with Gasteiger partial charge >= 0.3 is 5.97 Å². The number of rotatable bonds is 21. The third-order valence-corrected chi connectivity index (χ3v) is 3.95. The Balaban J connectivity index is 3.22. The topological polar surface area (TPSA) is 131 Å². The maximum absolute atomic E-state index is 11.6. The van der Waals surface area contributed by atoms with E-state index in [0.29, 0.717) is 58.8 Å². The van der Waals surface area contributed by atoms with Crippen molar-refractivity contribution >= 4 is 24.1 Å². The fourth-order valence-electron chi connectivity index (χ4n) is 2.38. The molecule has 0 aliphatic carbocycles. The zero-order valence-electron chi connectivity index (χ0n) is 17.2. The van der Waals surface area contributed by atoms with Crippen molar-refractivity contribution in [1.82, 2.24) is 10.6 Å². The van der Waals surface area contributed by atoms with E-state index >= 15 is 0 Å². The van der Waals surface area contributed by atoms with E-state index < -0.39 is 5.97 Å². The van der Waals surface area contributed by atoms with Gasteiger partial charge in [-0.1, -0.05) is 12.8 Å². The van der Waals surface area contributed by atoms with E-state index in [-0.39, 0.29) is 31.1 Å². The molecule has 0 heterocycles. The minimum Gasteiger partial charge on any atom is -0.481 e. The number of aliphatic carboxylic acids is 1. The molecule has 9 heteroatoms. The number of carbonyl (C=O) groups excluding carboxylic acids is 3. The highest BCUT2D eigenvalue weighted by atomic mass is 16.5. The molecular formula is C20H35N2O7. The molecule has 2 amide bonds. The molecule has 0 spiro atoms. The van der Waals surface area contributed by atoms with Crippen molar-refractivity contribution in [3.8, 4) is 0 Å². The van der Waals surface area contributed by atoms with E-state index in [9.17, 15) is 19.2 Å². The van der Waals surface area contributed by atoms with Crippen LogP contribution in [0.3, 0.4) is 0 Å². The van der Waals surface area contributed by atoms with Gasteiger partial charge in [-0.15, -0.1) is 0 Å². The minimum absolute atomic E-state index is 0.0166. The van der Waals surface area contributed by atoms with Gasteiger partial charge in [0.25, 0.3) is 0 Å². The summed E-state index contributed by atoms with van der Waals surface area (Å²) in [6.07, 6.45) is 7.22. The molecule has 0 bridgehead atoms.